The molecule has 0 aromatic heterocycles. The number of ketones is 1. The van der Waals surface area contributed by atoms with Crippen LogP contribution in [0, 0.1) is 0 Å². The summed E-state index contributed by atoms with van der Waals surface area (Å²) in [5, 5.41) is 1.96. The normalized spacial score (nSPS) is 13.0. The molecular formula is C25H16N2O3. The zero-order valence-corrected chi connectivity index (χ0v) is 15.8. The van der Waals surface area contributed by atoms with Crippen LogP contribution >= 0.6 is 0 Å². The number of nitrogen functional groups attached to an aromatic ring is 1. The summed E-state index contributed by atoms with van der Waals surface area (Å²) in [4.78, 5) is 40.0. The Morgan fingerprint density at radius 1 is 0.667 bits per heavy atom. The number of imide groups is 1. The molecule has 4 aromatic carbocycles. The maximum Gasteiger partial charge on any atom is 0.266 e. The Kier molecular flexibility index (Phi) is 3.96. The average Bonchev–Trinajstić information content (AvgIpc) is 3.03. The van der Waals surface area contributed by atoms with Crippen molar-refractivity contribution in [3.05, 3.63) is 107 Å². The Hall–Kier alpha value is -4.25. The monoisotopic (exact) mass is 392 g/mol. The van der Waals surface area contributed by atoms with Crippen molar-refractivity contribution in [1.29, 1.82) is 0 Å². The van der Waals surface area contributed by atoms with Crippen molar-refractivity contribution in [2.45, 2.75) is 0 Å². The van der Waals surface area contributed by atoms with Gasteiger partial charge in [0.15, 0.2) is 5.78 Å². The van der Waals surface area contributed by atoms with Crippen molar-refractivity contribution in [2.24, 2.45) is 0 Å². The first-order valence-electron chi connectivity index (χ1n) is 9.45. The fourth-order valence-electron chi connectivity index (χ4n) is 3.73. The summed E-state index contributed by atoms with van der Waals surface area (Å²) < 4.78 is 0. The van der Waals surface area contributed by atoms with Gasteiger partial charge in [-0.2, -0.15) is 0 Å². The minimum absolute atomic E-state index is 0.231. The van der Waals surface area contributed by atoms with Crippen molar-refractivity contribution >= 4 is 39.7 Å². The summed E-state index contributed by atoms with van der Waals surface area (Å²) in [6, 6.07) is 24.4. The van der Waals surface area contributed by atoms with E-state index in [-0.39, 0.29) is 11.3 Å². The summed E-state index contributed by atoms with van der Waals surface area (Å²) in [7, 11) is 0. The number of rotatable bonds is 3. The molecule has 1 heterocycles. The molecule has 1 aliphatic rings. The second kappa shape index (κ2) is 6.67. The number of nitrogens with two attached hydrogens (primary N) is 1. The quantitative estimate of drug-likeness (QED) is 0.317. The van der Waals surface area contributed by atoms with Crippen LogP contribution in [-0.2, 0) is 0 Å². The molecule has 2 amide bonds. The summed E-state index contributed by atoms with van der Waals surface area (Å²) in [6.45, 7) is 0. The molecule has 4 aromatic rings. The van der Waals surface area contributed by atoms with Crippen molar-refractivity contribution in [1.82, 2.24) is 0 Å². The second-order valence-corrected chi connectivity index (χ2v) is 7.19. The highest BCUT2D eigenvalue weighted by Gasteiger charge is 2.37. The number of hydrogen-bond donors (Lipinski definition) is 1. The summed E-state index contributed by atoms with van der Waals surface area (Å²) in [5.41, 5.74) is 8.08. The van der Waals surface area contributed by atoms with Gasteiger partial charge < -0.3 is 5.73 Å². The van der Waals surface area contributed by atoms with Gasteiger partial charge in [0.2, 0.25) is 0 Å². The fraction of sp³-hybridized carbons (Fsp3) is 0. The number of amides is 2. The number of carbonyl (C=O) groups excluding carboxylic acids is 3. The average molecular weight is 392 g/mol. The molecule has 2 N–H and O–H groups in total. The van der Waals surface area contributed by atoms with Crippen LogP contribution in [0.15, 0.2) is 84.9 Å². The van der Waals surface area contributed by atoms with E-state index >= 15 is 0 Å². The molecule has 0 atom stereocenters. The first kappa shape index (κ1) is 17.8. The first-order valence-corrected chi connectivity index (χ1v) is 9.45. The number of hydrogen-bond acceptors (Lipinski definition) is 4. The Bertz CT molecular complexity index is 1360. The van der Waals surface area contributed by atoms with Crippen LogP contribution in [0.2, 0.25) is 0 Å². The largest absolute Gasteiger partial charge is 0.399 e. The third-order valence-corrected chi connectivity index (χ3v) is 5.31. The molecule has 0 saturated carbocycles. The molecule has 5 nitrogen and oxygen atoms in total. The van der Waals surface area contributed by atoms with E-state index in [1.807, 2.05) is 36.4 Å². The number of nitrogens with zero attached hydrogens (tertiary/aromatic N) is 1. The predicted octanol–water partition coefficient (Wildman–Crippen LogP) is 4.45. The molecule has 30 heavy (non-hydrogen) atoms. The molecule has 0 bridgehead atoms. The smallest absolute Gasteiger partial charge is 0.266 e. The van der Waals surface area contributed by atoms with Crippen LogP contribution < -0.4 is 10.6 Å². The van der Waals surface area contributed by atoms with Gasteiger partial charge in [-0.3, -0.25) is 14.4 Å². The summed E-state index contributed by atoms with van der Waals surface area (Å²) in [6.07, 6.45) is 0. The first-order chi connectivity index (χ1) is 14.5. The predicted molar refractivity (Wildman–Crippen MR) is 116 cm³/mol. The Morgan fingerprint density at radius 3 is 2.10 bits per heavy atom. The molecule has 0 unspecified atom stereocenters. The van der Waals surface area contributed by atoms with Gasteiger partial charge in [0.25, 0.3) is 11.8 Å². The number of benzene rings is 4. The molecule has 5 heteroatoms. The number of carbonyl (C=O) groups is 3. The lowest BCUT2D eigenvalue weighted by Gasteiger charge is -2.14. The van der Waals surface area contributed by atoms with Crippen molar-refractivity contribution in [3.63, 3.8) is 0 Å². The summed E-state index contributed by atoms with van der Waals surface area (Å²) in [5.74, 6) is -1.06. The van der Waals surface area contributed by atoms with Gasteiger partial charge in [-0.15, -0.1) is 0 Å². The van der Waals surface area contributed by atoms with Gasteiger partial charge in [0.05, 0.1) is 16.8 Å². The van der Waals surface area contributed by atoms with Crippen LogP contribution in [0.1, 0.15) is 36.6 Å². The zero-order chi connectivity index (χ0) is 20.8. The van der Waals surface area contributed by atoms with E-state index in [0.717, 1.165) is 15.7 Å². The van der Waals surface area contributed by atoms with E-state index < -0.39 is 11.8 Å². The van der Waals surface area contributed by atoms with Gasteiger partial charge >= 0.3 is 0 Å². The zero-order valence-electron chi connectivity index (χ0n) is 15.8. The molecule has 144 valence electrons. The second-order valence-electron chi connectivity index (χ2n) is 7.19. The molecule has 1 aliphatic heterocycles. The van der Waals surface area contributed by atoms with Crippen molar-refractivity contribution in [2.75, 3.05) is 10.6 Å². The highest BCUT2D eigenvalue weighted by molar-refractivity contribution is 6.35. The van der Waals surface area contributed by atoms with Crippen LogP contribution in [0.5, 0.6) is 0 Å². The topological polar surface area (TPSA) is 80.5 Å². The lowest BCUT2D eigenvalue weighted by molar-refractivity contribution is 0.0925. The van der Waals surface area contributed by atoms with E-state index in [4.69, 9.17) is 5.73 Å². The van der Waals surface area contributed by atoms with E-state index in [1.165, 1.54) is 6.07 Å². The molecular weight excluding hydrogens is 376 g/mol. The lowest BCUT2D eigenvalue weighted by atomic mass is 9.99. The third kappa shape index (κ3) is 2.76. The molecule has 0 fully saturated rings. The molecule has 0 aliphatic carbocycles. The van der Waals surface area contributed by atoms with Gasteiger partial charge in [-0.25, -0.2) is 4.90 Å². The molecule has 0 saturated heterocycles. The van der Waals surface area contributed by atoms with Gasteiger partial charge in [0, 0.05) is 16.8 Å². The molecule has 0 spiro atoms. The number of anilines is 2. The third-order valence-electron chi connectivity index (χ3n) is 5.31. The minimum Gasteiger partial charge on any atom is -0.399 e. The standard InChI is InChI=1S/C25H16N2O3/c26-19-9-5-16(6-10-19)23(28)18-8-12-21-22(14-18)25(30)27(24(21)29)20-11-7-15-3-1-2-4-17(15)13-20/h1-14H,26H2. The van der Waals surface area contributed by atoms with E-state index in [0.29, 0.717) is 28.1 Å². The highest BCUT2D eigenvalue weighted by Crippen LogP contribution is 2.31. The maximum atomic E-state index is 13.1. The van der Waals surface area contributed by atoms with Gasteiger partial charge in [0.1, 0.15) is 0 Å². The van der Waals surface area contributed by atoms with Crippen LogP contribution in [0.25, 0.3) is 10.8 Å². The number of fused-ring (bicyclic) bond motifs is 2. The lowest BCUT2D eigenvalue weighted by Crippen LogP contribution is -2.29. The van der Waals surface area contributed by atoms with Crippen LogP contribution in [-0.4, -0.2) is 17.6 Å². The van der Waals surface area contributed by atoms with Gasteiger partial charge in [-0.1, -0.05) is 36.4 Å². The Morgan fingerprint density at radius 2 is 1.33 bits per heavy atom. The van der Waals surface area contributed by atoms with E-state index in [2.05, 4.69) is 0 Å². The molecule has 5 rings (SSSR count). The van der Waals surface area contributed by atoms with Crippen LogP contribution in [0.4, 0.5) is 11.4 Å². The Balaban J connectivity index is 1.53. The van der Waals surface area contributed by atoms with Gasteiger partial charge in [-0.05, 0) is 59.3 Å². The van der Waals surface area contributed by atoms with Crippen molar-refractivity contribution in [3.8, 4) is 0 Å². The molecule has 0 radical (unpaired) electrons. The van der Waals surface area contributed by atoms with E-state index in [1.54, 1.807) is 42.5 Å². The summed E-state index contributed by atoms with van der Waals surface area (Å²) >= 11 is 0. The highest BCUT2D eigenvalue weighted by atomic mass is 16.2. The SMILES string of the molecule is Nc1ccc(C(=O)c2ccc3c(c2)C(=O)N(c2ccc4ccccc4c2)C3=O)cc1. The fourth-order valence-corrected chi connectivity index (χ4v) is 3.73. The Labute approximate surface area is 172 Å². The maximum absolute atomic E-state index is 13.1. The minimum atomic E-state index is -0.433. The van der Waals surface area contributed by atoms with E-state index in [9.17, 15) is 14.4 Å². The van der Waals surface area contributed by atoms with Crippen LogP contribution in [0.3, 0.4) is 0 Å². The van der Waals surface area contributed by atoms with Crippen molar-refractivity contribution < 1.29 is 14.4 Å².